The molecule has 0 aromatic carbocycles. The van der Waals surface area contributed by atoms with E-state index in [1.807, 2.05) is 0 Å². The summed E-state index contributed by atoms with van der Waals surface area (Å²) in [6.07, 6.45) is 3.43. The van der Waals surface area contributed by atoms with Crippen LogP contribution in [0.15, 0.2) is 0 Å². The number of carbonyl (C=O) groups excluding carboxylic acids is 1. The average Bonchev–Trinajstić information content (AvgIpc) is 2.16. The molecule has 5 heteroatoms. The zero-order valence-corrected chi connectivity index (χ0v) is 9.76. The Morgan fingerprint density at radius 1 is 1.33 bits per heavy atom. The number of thiocarbonyl (C=S) groups is 1. The number of nitrogens with two attached hydrogens (primary N) is 2. The summed E-state index contributed by atoms with van der Waals surface area (Å²) in [5.74, 6) is 0.292. The molecule has 1 rings (SSSR count). The lowest BCUT2D eigenvalue weighted by atomic mass is 9.93. The molecule has 0 radical (unpaired) electrons. The number of hydrogen-bond donors (Lipinski definition) is 2. The van der Waals surface area contributed by atoms with Crippen molar-refractivity contribution in [3.05, 3.63) is 0 Å². The van der Waals surface area contributed by atoms with Gasteiger partial charge in [-0.15, -0.1) is 0 Å². The van der Waals surface area contributed by atoms with E-state index in [4.69, 9.17) is 23.7 Å². The molecule has 4 N–H and O–H groups in total. The normalized spacial score (nSPS) is 18.9. The highest BCUT2D eigenvalue weighted by Crippen LogP contribution is 2.19. The van der Waals surface area contributed by atoms with Crippen LogP contribution in [-0.2, 0) is 4.79 Å². The van der Waals surface area contributed by atoms with Crippen molar-refractivity contribution in [1.82, 2.24) is 4.90 Å². The topological polar surface area (TPSA) is 72.4 Å². The molecular formula is C10H19N3OS. The van der Waals surface area contributed by atoms with Gasteiger partial charge in [-0.3, -0.25) is 4.79 Å². The molecule has 0 aromatic rings. The number of likely N-dealkylation sites (tertiary alicyclic amines) is 1. The van der Waals surface area contributed by atoms with E-state index in [0.717, 1.165) is 38.9 Å². The Kier molecular flexibility index (Phi) is 4.98. The molecule has 1 saturated heterocycles. The minimum Gasteiger partial charge on any atom is -0.393 e. The van der Waals surface area contributed by atoms with Gasteiger partial charge in [-0.05, 0) is 31.8 Å². The second kappa shape index (κ2) is 6.02. The van der Waals surface area contributed by atoms with Crippen molar-refractivity contribution < 1.29 is 4.79 Å². The van der Waals surface area contributed by atoms with Crippen LogP contribution in [0.25, 0.3) is 0 Å². The van der Waals surface area contributed by atoms with Crippen LogP contribution in [0.4, 0.5) is 0 Å². The highest BCUT2D eigenvalue weighted by atomic mass is 32.1. The van der Waals surface area contributed by atoms with E-state index in [1.54, 1.807) is 0 Å². The smallest absolute Gasteiger partial charge is 0.217 e. The Morgan fingerprint density at radius 2 is 1.93 bits per heavy atom. The fourth-order valence-electron chi connectivity index (χ4n) is 1.97. The van der Waals surface area contributed by atoms with E-state index < -0.39 is 0 Å². The third-order valence-corrected chi connectivity index (χ3v) is 3.08. The second-order valence-corrected chi connectivity index (χ2v) is 4.70. The third-order valence-electron chi connectivity index (χ3n) is 2.87. The van der Waals surface area contributed by atoms with Crippen LogP contribution >= 0.6 is 12.2 Å². The van der Waals surface area contributed by atoms with Crippen LogP contribution in [0.5, 0.6) is 0 Å². The maximum absolute atomic E-state index is 10.7. The summed E-state index contributed by atoms with van der Waals surface area (Å²) < 4.78 is 0. The lowest BCUT2D eigenvalue weighted by Crippen LogP contribution is -2.36. The minimum atomic E-state index is -0.184. The predicted molar refractivity (Wildman–Crippen MR) is 64.4 cm³/mol. The number of piperidine rings is 1. The SMILES string of the molecule is NC(=O)CC1CCN(CCC(N)=S)CC1. The molecule has 15 heavy (non-hydrogen) atoms. The molecule has 0 atom stereocenters. The van der Waals surface area contributed by atoms with Gasteiger partial charge >= 0.3 is 0 Å². The van der Waals surface area contributed by atoms with Crippen LogP contribution in [-0.4, -0.2) is 35.4 Å². The molecule has 0 bridgehead atoms. The van der Waals surface area contributed by atoms with Gasteiger partial charge in [0.25, 0.3) is 0 Å². The Bertz CT molecular complexity index is 237. The molecule has 0 aromatic heterocycles. The van der Waals surface area contributed by atoms with E-state index in [9.17, 15) is 4.79 Å². The van der Waals surface area contributed by atoms with Crippen LogP contribution in [0, 0.1) is 5.92 Å². The van der Waals surface area contributed by atoms with E-state index in [0.29, 0.717) is 17.3 Å². The predicted octanol–water partition coefficient (Wildman–Crippen LogP) is 0.250. The zero-order chi connectivity index (χ0) is 11.3. The standard InChI is InChI=1S/C10H19N3OS/c11-9(14)7-8-1-4-13(5-2-8)6-3-10(12)15/h8H,1-7H2,(H2,11,14)(H2,12,15). The van der Waals surface area contributed by atoms with Crippen molar-refractivity contribution in [2.45, 2.75) is 25.7 Å². The van der Waals surface area contributed by atoms with Crippen LogP contribution in [0.3, 0.4) is 0 Å². The molecule has 1 amide bonds. The zero-order valence-electron chi connectivity index (χ0n) is 8.95. The van der Waals surface area contributed by atoms with Crippen LogP contribution in [0.2, 0.25) is 0 Å². The van der Waals surface area contributed by atoms with Crippen molar-refractivity contribution in [3.8, 4) is 0 Å². The van der Waals surface area contributed by atoms with Crippen molar-refractivity contribution in [2.24, 2.45) is 17.4 Å². The van der Waals surface area contributed by atoms with Crippen molar-refractivity contribution >= 4 is 23.1 Å². The lowest BCUT2D eigenvalue weighted by Gasteiger charge is -2.31. The first-order valence-corrected chi connectivity index (χ1v) is 5.77. The lowest BCUT2D eigenvalue weighted by molar-refractivity contribution is -0.119. The summed E-state index contributed by atoms with van der Waals surface area (Å²) in [5, 5.41) is 0. The summed E-state index contributed by atoms with van der Waals surface area (Å²) in [7, 11) is 0. The van der Waals surface area contributed by atoms with Crippen LogP contribution in [0.1, 0.15) is 25.7 Å². The van der Waals surface area contributed by atoms with Crippen LogP contribution < -0.4 is 11.5 Å². The van der Waals surface area contributed by atoms with Gasteiger partial charge in [-0.25, -0.2) is 0 Å². The van der Waals surface area contributed by atoms with Gasteiger partial charge in [0, 0.05) is 19.4 Å². The number of primary amides is 1. The molecule has 4 nitrogen and oxygen atoms in total. The summed E-state index contributed by atoms with van der Waals surface area (Å²) in [4.78, 5) is 13.7. The first-order chi connectivity index (χ1) is 7.08. The largest absolute Gasteiger partial charge is 0.393 e. The maximum Gasteiger partial charge on any atom is 0.217 e. The summed E-state index contributed by atoms with van der Waals surface area (Å²) in [5.41, 5.74) is 10.6. The van der Waals surface area contributed by atoms with E-state index in [1.165, 1.54) is 0 Å². The highest BCUT2D eigenvalue weighted by Gasteiger charge is 2.20. The quantitative estimate of drug-likeness (QED) is 0.663. The molecule has 0 saturated carbocycles. The molecule has 1 aliphatic rings. The Balaban J connectivity index is 2.18. The van der Waals surface area contributed by atoms with Gasteiger partial charge in [-0.2, -0.15) is 0 Å². The van der Waals surface area contributed by atoms with Crippen molar-refractivity contribution in [2.75, 3.05) is 19.6 Å². The molecule has 0 aliphatic carbocycles. The molecule has 1 fully saturated rings. The van der Waals surface area contributed by atoms with Crippen molar-refractivity contribution in [1.29, 1.82) is 0 Å². The van der Waals surface area contributed by atoms with Crippen molar-refractivity contribution in [3.63, 3.8) is 0 Å². The maximum atomic E-state index is 10.7. The summed E-state index contributed by atoms with van der Waals surface area (Å²) in [6, 6.07) is 0. The van der Waals surface area contributed by atoms with Gasteiger partial charge in [0.2, 0.25) is 5.91 Å². The number of amides is 1. The highest BCUT2D eigenvalue weighted by molar-refractivity contribution is 7.80. The van der Waals surface area contributed by atoms with Gasteiger partial charge in [-0.1, -0.05) is 12.2 Å². The van der Waals surface area contributed by atoms with E-state index >= 15 is 0 Å². The molecule has 0 unspecified atom stereocenters. The Hall–Kier alpha value is -0.680. The Labute approximate surface area is 96.0 Å². The average molecular weight is 229 g/mol. The molecule has 1 heterocycles. The first kappa shape index (κ1) is 12.4. The number of rotatable bonds is 5. The first-order valence-electron chi connectivity index (χ1n) is 5.37. The minimum absolute atomic E-state index is 0.184. The number of carbonyl (C=O) groups is 1. The molecule has 0 spiro atoms. The summed E-state index contributed by atoms with van der Waals surface area (Å²) >= 11 is 4.83. The van der Waals surface area contributed by atoms with E-state index in [2.05, 4.69) is 4.90 Å². The molecule has 86 valence electrons. The van der Waals surface area contributed by atoms with Gasteiger partial charge < -0.3 is 16.4 Å². The second-order valence-electron chi connectivity index (χ2n) is 4.17. The molecular weight excluding hydrogens is 210 g/mol. The molecule has 1 aliphatic heterocycles. The monoisotopic (exact) mass is 229 g/mol. The van der Waals surface area contributed by atoms with Gasteiger partial charge in [0.15, 0.2) is 0 Å². The van der Waals surface area contributed by atoms with Gasteiger partial charge in [0.1, 0.15) is 0 Å². The number of nitrogens with zero attached hydrogens (tertiary/aromatic N) is 1. The fraction of sp³-hybridized carbons (Fsp3) is 0.800. The summed E-state index contributed by atoms with van der Waals surface area (Å²) in [6.45, 7) is 3.00. The van der Waals surface area contributed by atoms with E-state index in [-0.39, 0.29) is 5.91 Å². The Morgan fingerprint density at radius 3 is 2.40 bits per heavy atom. The van der Waals surface area contributed by atoms with Gasteiger partial charge in [0.05, 0.1) is 4.99 Å². The number of hydrogen-bond acceptors (Lipinski definition) is 3. The fourth-order valence-corrected chi connectivity index (χ4v) is 2.06. The third kappa shape index (κ3) is 5.09.